The van der Waals surface area contributed by atoms with Crippen molar-refractivity contribution in [3.05, 3.63) is 60.2 Å². The summed E-state index contributed by atoms with van der Waals surface area (Å²) in [5.74, 6) is 0.831. The van der Waals surface area contributed by atoms with Crippen LogP contribution in [0.25, 0.3) is 0 Å². The number of hydrogen-bond donors (Lipinski definition) is 2. The third-order valence-electron chi connectivity index (χ3n) is 2.95. The maximum atomic E-state index is 6.43. The van der Waals surface area contributed by atoms with Crippen molar-refractivity contribution in [3.63, 3.8) is 0 Å². The first kappa shape index (κ1) is 14.9. The summed E-state index contributed by atoms with van der Waals surface area (Å²) in [5.41, 5.74) is 14.2. The zero-order chi connectivity index (χ0) is 13.6. The van der Waals surface area contributed by atoms with Crippen molar-refractivity contribution < 1.29 is 0 Å². The molecule has 0 spiro atoms. The maximum absolute atomic E-state index is 6.43. The van der Waals surface area contributed by atoms with E-state index in [1.54, 1.807) is 11.8 Å². The van der Waals surface area contributed by atoms with Gasteiger partial charge >= 0.3 is 0 Å². The Kier molecular flexibility index (Phi) is 5.51. The second-order valence-electron chi connectivity index (χ2n) is 4.50. The Labute approximate surface area is 114 Å². The van der Waals surface area contributed by atoms with Gasteiger partial charge in [0.25, 0.3) is 0 Å². The second kappa shape index (κ2) is 6.66. The third-order valence-corrected chi connectivity index (χ3v) is 4.00. The Morgan fingerprint density at radius 3 is 2.56 bits per heavy atom. The van der Waals surface area contributed by atoms with Gasteiger partial charge in [-0.15, -0.1) is 31.5 Å². The van der Waals surface area contributed by atoms with E-state index in [4.69, 9.17) is 11.5 Å². The average molecular weight is 262 g/mol. The number of nitrogens with two attached hydrogens (primary N) is 2. The lowest BCUT2D eigenvalue weighted by molar-refractivity contribution is 0.483. The van der Waals surface area contributed by atoms with Gasteiger partial charge in [0, 0.05) is 16.4 Å². The molecule has 3 heteroatoms. The van der Waals surface area contributed by atoms with Gasteiger partial charge in [-0.05, 0) is 25.3 Å². The van der Waals surface area contributed by atoms with Crippen LogP contribution in [0, 0.1) is 0 Å². The summed E-state index contributed by atoms with van der Waals surface area (Å²) in [5, 5.41) is 0. The fraction of sp³-hybridized carbons (Fsp3) is 0.333. The molecule has 0 aromatic heterocycles. The van der Waals surface area contributed by atoms with E-state index in [1.165, 1.54) is 5.57 Å². The first-order valence-electron chi connectivity index (χ1n) is 6.01. The minimum atomic E-state index is -0.502. The Hall–Kier alpha value is -1.19. The number of rotatable bonds is 7. The third kappa shape index (κ3) is 3.40. The monoisotopic (exact) mass is 262 g/mol. The molecule has 4 N–H and O–H groups in total. The molecule has 0 heterocycles. The lowest BCUT2D eigenvalue weighted by Crippen LogP contribution is -2.46. The maximum Gasteiger partial charge on any atom is 0.0639 e. The normalized spacial score (nSPS) is 23.5. The quantitative estimate of drug-likeness (QED) is 0.692. The van der Waals surface area contributed by atoms with Crippen LogP contribution in [0.1, 0.15) is 19.3 Å². The van der Waals surface area contributed by atoms with Crippen LogP contribution < -0.4 is 11.5 Å². The molecule has 1 aliphatic rings. The van der Waals surface area contributed by atoms with Crippen molar-refractivity contribution in [1.29, 1.82) is 0 Å². The predicted molar refractivity (Wildman–Crippen MR) is 83.1 cm³/mol. The highest BCUT2D eigenvalue weighted by atomic mass is 32.2. The fourth-order valence-electron chi connectivity index (χ4n) is 2.08. The van der Waals surface area contributed by atoms with E-state index in [0.29, 0.717) is 6.42 Å². The van der Waals surface area contributed by atoms with Gasteiger partial charge in [0.1, 0.15) is 0 Å². The van der Waals surface area contributed by atoms with Gasteiger partial charge in [0.2, 0.25) is 0 Å². The summed E-state index contributed by atoms with van der Waals surface area (Å²) in [6.45, 7) is 11.3. The molecule has 18 heavy (non-hydrogen) atoms. The van der Waals surface area contributed by atoms with E-state index in [1.807, 2.05) is 18.2 Å². The molecular weight excluding hydrogens is 240 g/mol. The van der Waals surface area contributed by atoms with Gasteiger partial charge in [-0.3, -0.25) is 0 Å². The molecule has 2 nitrogen and oxygen atoms in total. The highest BCUT2D eigenvalue weighted by molar-refractivity contribution is 8.03. The average Bonchev–Trinajstić information content (AvgIpc) is 2.32. The zero-order valence-corrected chi connectivity index (χ0v) is 11.6. The standard InChI is InChI=1S/C15H22N2S/c1-4-7-12-10-13(18-9-6-3)14(16)15(17,11-12)8-5-2/h4-6,10H,1-3,7-9,11,16-17H2. The minimum Gasteiger partial charge on any atom is -0.400 e. The largest absolute Gasteiger partial charge is 0.400 e. The van der Waals surface area contributed by atoms with Crippen molar-refractivity contribution >= 4 is 11.8 Å². The zero-order valence-electron chi connectivity index (χ0n) is 10.8. The number of hydrogen-bond acceptors (Lipinski definition) is 3. The Morgan fingerprint density at radius 1 is 1.28 bits per heavy atom. The summed E-state index contributed by atoms with van der Waals surface area (Å²) in [6, 6.07) is 0. The molecule has 0 amide bonds. The molecule has 1 aliphatic carbocycles. The molecule has 1 atom stereocenters. The predicted octanol–water partition coefficient (Wildman–Crippen LogP) is 3.26. The van der Waals surface area contributed by atoms with Crippen LogP contribution in [0.5, 0.6) is 0 Å². The molecule has 0 aromatic carbocycles. The van der Waals surface area contributed by atoms with Crippen molar-refractivity contribution in [1.82, 2.24) is 0 Å². The highest BCUT2D eigenvalue weighted by Gasteiger charge is 2.32. The van der Waals surface area contributed by atoms with Crippen molar-refractivity contribution in [2.75, 3.05) is 5.75 Å². The summed E-state index contributed by atoms with van der Waals surface area (Å²) < 4.78 is 0. The van der Waals surface area contributed by atoms with Crippen molar-refractivity contribution in [3.8, 4) is 0 Å². The van der Waals surface area contributed by atoms with Crippen LogP contribution in [-0.2, 0) is 0 Å². The summed E-state index contributed by atoms with van der Waals surface area (Å²) >= 11 is 1.67. The smallest absolute Gasteiger partial charge is 0.0639 e. The Balaban J connectivity index is 3.07. The first-order chi connectivity index (χ1) is 8.57. The summed E-state index contributed by atoms with van der Waals surface area (Å²) in [7, 11) is 0. The van der Waals surface area contributed by atoms with Gasteiger partial charge in [0.05, 0.1) is 5.54 Å². The van der Waals surface area contributed by atoms with E-state index in [2.05, 4.69) is 25.8 Å². The first-order valence-corrected chi connectivity index (χ1v) is 7.00. The van der Waals surface area contributed by atoms with E-state index in [-0.39, 0.29) is 0 Å². The van der Waals surface area contributed by atoms with Gasteiger partial charge in [-0.2, -0.15) is 0 Å². The topological polar surface area (TPSA) is 52.0 Å². The van der Waals surface area contributed by atoms with Crippen LogP contribution in [0.2, 0.25) is 0 Å². The summed E-state index contributed by atoms with van der Waals surface area (Å²) in [6.07, 6.45) is 10.0. The lowest BCUT2D eigenvalue weighted by Gasteiger charge is -2.35. The Bertz CT molecular complexity index is 407. The van der Waals surface area contributed by atoms with Crippen molar-refractivity contribution in [2.24, 2.45) is 11.5 Å². The fourth-order valence-corrected chi connectivity index (χ4v) is 2.99. The molecule has 0 bridgehead atoms. The second-order valence-corrected chi connectivity index (χ2v) is 5.56. The summed E-state index contributed by atoms with van der Waals surface area (Å²) in [4.78, 5) is 1.06. The minimum absolute atomic E-state index is 0.502. The van der Waals surface area contributed by atoms with E-state index >= 15 is 0 Å². The molecule has 0 saturated heterocycles. The van der Waals surface area contributed by atoms with E-state index in [0.717, 1.165) is 29.2 Å². The molecule has 98 valence electrons. The van der Waals surface area contributed by atoms with Gasteiger partial charge in [0.15, 0.2) is 0 Å². The van der Waals surface area contributed by atoms with Crippen LogP contribution in [-0.4, -0.2) is 11.3 Å². The van der Waals surface area contributed by atoms with Crippen LogP contribution in [0.15, 0.2) is 60.2 Å². The molecule has 0 fully saturated rings. The van der Waals surface area contributed by atoms with Gasteiger partial charge < -0.3 is 11.5 Å². The molecule has 1 unspecified atom stereocenters. The molecule has 0 radical (unpaired) electrons. The highest BCUT2D eigenvalue weighted by Crippen LogP contribution is 2.37. The van der Waals surface area contributed by atoms with Gasteiger partial charge in [-0.1, -0.05) is 23.8 Å². The van der Waals surface area contributed by atoms with E-state index < -0.39 is 5.54 Å². The van der Waals surface area contributed by atoms with Crippen molar-refractivity contribution in [2.45, 2.75) is 24.8 Å². The molecule has 0 aliphatic heterocycles. The lowest BCUT2D eigenvalue weighted by atomic mass is 9.81. The Morgan fingerprint density at radius 2 is 2.00 bits per heavy atom. The SMILES string of the molecule is C=CCSC1=C(N)C(N)(CC=C)CC(CC=C)=C1. The van der Waals surface area contributed by atoms with Crippen LogP contribution in [0.4, 0.5) is 0 Å². The molecule has 0 saturated carbocycles. The number of allylic oxidation sites excluding steroid dienone is 2. The molecular formula is C15H22N2S. The molecule has 0 aromatic rings. The van der Waals surface area contributed by atoms with Gasteiger partial charge in [-0.25, -0.2) is 0 Å². The number of thioether (sulfide) groups is 1. The van der Waals surface area contributed by atoms with Crippen LogP contribution in [0.3, 0.4) is 0 Å². The molecule has 1 rings (SSSR count). The van der Waals surface area contributed by atoms with E-state index in [9.17, 15) is 0 Å². The van der Waals surface area contributed by atoms with Crippen LogP contribution >= 0.6 is 11.8 Å².